The van der Waals surface area contributed by atoms with Gasteiger partial charge in [-0.05, 0) is 0 Å². The van der Waals surface area contributed by atoms with E-state index in [0.717, 1.165) is 13.0 Å². The molecular weight excluding hydrogens is 125 g/mol. The molecule has 0 aromatic carbocycles. The van der Waals surface area contributed by atoms with Crippen LogP contribution in [0.2, 0.25) is 0 Å². The first-order valence-electron chi connectivity index (χ1n) is 2.58. The minimum atomic E-state index is -0.656. The molecule has 2 unspecified atom stereocenters. The Hall–Kier alpha value is 0.310. The maximum Gasteiger partial charge on any atom is 0.168 e. The standard InChI is InChI=1S/C4H10NO2P/c1-8-6-3-2-4(5)7-8/h4H,2-3,5H2,1H3. The largest absolute Gasteiger partial charge is 0.334 e. The highest BCUT2D eigenvalue weighted by Gasteiger charge is 2.15. The molecule has 0 radical (unpaired) electrons. The molecule has 0 aliphatic carbocycles. The van der Waals surface area contributed by atoms with Crippen LogP contribution in [0.3, 0.4) is 0 Å². The van der Waals surface area contributed by atoms with E-state index in [1.165, 1.54) is 0 Å². The Labute approximate surface area is 50.1 Å². The third-order valence-electron chi connectivity index (χ3n) is 0.959. The van der Waals surface area contributed by atoms with Crippen molar-refractivity contribution in [1.82, 2.24) is 0 Å². The van der Waals surface area contributed by atoms with E-state index in [-0.39, 0.29) is 6.23 Å². The Morgan fingerprint density at radius 1 is 1.75 bits per heavy atom. The summed E-state index contributed by atoms with van der Waals surface area (Å²) >= 11 is 0. The molecule has 4 heteroatoms. The first kappa shape index (κ1) is 6.43. The third kappa shape index (κ3) is 1.67. The summed E-state index contributed by atoms with van der Waals surface area (Å²) in [6.07, 6.45) is 0.743. The predicted molar refractivity (Wildman–Crippen MR) is 32.5 cm³/mol. The maximum atomic E-state index is 5.44. The van der Waals surface area contributed by atoms with Gasteiger partial charge in [-0.2, -0.15) is 0 Å². The van der Waals surface area contributed by atoms with Crippen molar-refractivity contribution < 1.29 is 9.05 Å². The first-order valence-corrected chi connectivity index (χ1v) is 4.20. The van der Waals surface area contributed by atoms with E-state index in [2.05, 4.69) is 0 Å². The van der Waals surface area contributed by atoms with Gasteiger partial charge < -0.3 is 14.8 Å². The zero-order valence-corrected chi connectivity index (χ0v) is 5.73. The van der Waals surface area contributed by atoms with Crippen molar-refractivity contribution in [3.05, 3.63) is 0 Å². The van der Waals surface area contributed by atoms with Crippen LogP contribution in [0.25, 0.3) is 0 Å². The van der Waals surface area contributed by atoms with Gasteiger partial charge in [-0.15, -0.1) is 0 Å². The van der Waals surface area contributed by atoms with Crippen molar-refractivity contribution in [1.29, 1.82) is 0 Å². The van der Waals surface area contributed by atoms with E-state index in [1.807, 2.05) is 6.66 Å². The summed E-state index contributed by atoms with van der Waals surface area (Å²) in [6, 6.07) is 0. The van der Waals surface area contributed by atoms with Crippen LogP contribution in [0.5, 0.6) is 0 Å². The van der Waals surface area contributed by atoms with E-state index in [0.29, 0.717) is 0 Å². The van der Waals surface area contributed by atoms with Gasteiger partial charge >= 0.3 is 0 Å². The van der Waals surface area contributed by atoms with Gasteiger partial charge in [0.05, 0.1) is 6.61 Å². The number of hydrogen-bond acceptors (Lipinski definition) is 3. The number of rotatable bonds is 0. The van der Waals surface area contributed by atoms with E-state index >= 15 is 0 Å². The lowest BCUT2D eigenvalue weighted by Crippen LogP contribution is -2.26. The second-order valence-electron chi connectivity index (χ2n) is 1.71. The highest BCUT2D eigenvalue weighted by molar-refractivity contribution is 7.46. The molecule has 1 rings (SSSR count). The molecule has 8 heavy (non-hydrogen) atoms. The van der Waals surface area contributed by atoms with Crippen molar-refractivity contribution in [2.75, 3.05) is 13.3 Å². The van der Waals surface area contributed by atoms with Crippen LogP contribution >= 0.6 is 8.38 Å². The van der Waals surface area contributed by atoms with Crippen LogP contribution < -0.4 is 5.73 Å². The molecule has 0 bridgehead atoms. The molecule has 0 amide bonds. The fraction of sp³-hybridized carbons (Fsp3) is 1.00. The van der Waals surface area contributed by atoms with Gasteiger partial charge in [-0.1, -0.05) is 0 Å². The molecule has 0 saturated carbocycles. The van der Waals surface area contributed by atoms with Crippen molar-refractivity contribution in [2.24, 2.45) is 5.73 Å². The third-order valence-corrected chi connectivity index (χ3v) is 2.07. The van der Waals surface area contributed by atoms with Crippen molar-refractivity contribution >= 4 is 8.38 Å². The topological polar surface area (TPSA) is 44.5 Å². The zero-order valence-electron chi connectivity index (χ0n) is 4.83. The van der Waals surface area contributed by atoms with E-state index in [4.69, 9.17) is 14.8 Å². The molecule has 1 fully saturated rings. The molecule has 0 aromatic rings. The minimum Gasteiger partial charge on any atom is -0.334 e. The smallest absolute Gasteiger partial charge is 0.168 e. The van der Waals surface area contributed by atoms with Crippen LogP contribution in [0.4, 0.5) is 0 Å². The van der Waals surface area contributed by atoms with Gasteiger partial charge in [-0.25, -0.2) is 0 Å². The van der Waals surface area contributed by atoms with Gasteiger partial charge in [0.25, 0.3) is 0 Å². The molecule has 2 N–H and O–H groups in total. The normalized spacial score (nSPS) is 39.8. The van der Waals surface area contributed by atoms with Gasteiger partial charge in [0.1, 0.15) is 6.23 Å². The molecule has 1 saturated heterocycles. The van der Waals surface area contributed by atoms with Crippen LogP contribution in [-0.2, 0) is 9.05 Å². The number of nitrogens with two attached hydrogens (primary N) is 1. The summed E-state index contributed by atoms with van der Waals surface area (Å²) < 4.78 is 10.2. The Balaban J connectivity index is 2.23. The van der Waals surface area contributed by atoms with E-state index in [1.54, 1.807) is 0 Å². The molecule has 48 valence electrons. The summed E-state index contributed by atoms with van der Waals surface area (Å²) in [5.41, 5.74) is 5.44. The summed E-state index contributed by atoms with van der Waals surface area (Å²) in [6.45, 7) is 2.66. The molecule has 1 heterocycles. The second kappa shape index (κ2) is 2.74. The quantitative estimate of drug-likeness (QED) is 0.496. The molecule has 1 aliphatic rings. The van der Waals surface area contributed by atoms with Gasteiger partial charge in [0.2, 0.25) is 0 Å². The van der Waals surface area contributed by atoms with Gasteiger partial charge in [-0.3, -0.25) is 0 Å². The summed E-state index contributed by atoms with van der Waals surface area (Å²) in [7, 11) is -0.656. The summed E-state index contributed by atoms with van der Waals surface area (Å²) in [5.74, 6) is 0. The lowest BCUT2D eigenvalue weighted by Gasteiger charge is -2.23. The average Bonchev–Trinajstić information content (AvgIpc) is 1.64. The van der Waals surface area contributed by atoms with Crippen molar-refractivity contribution in [3.8, 4) is 0 Å². The first-order chi connectivity index (χ1) is 3.79. The fourth-order valence-electron chi connectivity index (χ4n) is 0.571. The van der Waals surface area contributed by atoms with Crippen molar-refractivity contribution in [2.45, 2.75) is 12.6 Å². The van der Waals surface area contributed by atoms with Gasteiger partial charge in [0.15, 0.2) is 8.38 Å². The van der Waals surface area contributed by atoms with Crippen LogP contribution in [-0.4, -0.2) is 19.5 Å². The lowest BCUT2D eigenvalue weighted by atomic mass is 10.4. The Kier molecular flexibility index (Phi) is 2.20. The SMILES string of the molecule is CP1OCCC(N)O1. The molecule has 0 spiro atoms. The average molecular weight is 135 g/mol. The van der Waals surface area contributed by atoms with E-state index < -0.39 is 8.38 Å². The van der Waals surface area contributed by atoms with Crippen LogP contribution in [0, 0.1) is 0 Å². The maximum absolute atomic E-state index is 5.44. The predicted octanol–water partition coefficient (Wildman–Crippen LogP) is 0.650. The fourth-order valence-corrected chi connectivity index (χ4v) is 1.48. The number of hydrogen-bond donors (Lipinski definition) is 1. The van der Waals surface area contributed by atoms with Crippen LogP contribution in [0.1, 0.15) is 6.42 Å². The van der Waals surface area contributed by atoms with Crippen LogP contribution in [0.15, 0.2) is 0 Å². The Morgan fingerprint density at radius 2 is 2.50 bits per heavy atom. The van der Waals surface area contributed by atoms with E-state index in [9.17, 15) is 0 Å². The molecule has 0 aromatic heterocycles. The minimum absolute atomic E-state index is 0.0835. The van der Waals surface area contributed by atoms with Gasteiger partial charge in [0, 0.05) is 13.1 Å². The summed E-state index contributed by atoms with van der Waals surface area (Å²) in [4.78, 5) is 0. The molecule has 3 nitrogen and oxygen atoms in total. The lowest BCUT2D eigenvalue weighted by molar-refractivity contribution is 0.115. The second-order valence-corrected chi connectivity index (χ2v) is 3.05. The zero-order chi connectivity index (χ0) is 5.98. The highest BCUT2D eigenvalue weighted by Crippen LogP contribution is 2.37. The Morgan fingerprint density at radius 3 is 2.88 bits per heavy atom. The molecule has 1 aliphatic heterocycles. The molecule has 2 atom stereocenters. The monoisotopic (exact) mass is 135 g/mol. The van der Waals surface area contributed by atoms with Crippen molar-refractivity contribution in [3.63, 3.8) is 0 Å². The summed E-state index contributed by atoms with van der Waals surface area (Å²) in [5, 5.41) is 0. The Bertz CT molecular complexity index is 72.4. The molecular formula is C4H10NO2P. The highest BCUT2D eigenvalue weighted by atomic mass is 31.2.